The van der Waals surface area contributed by atoms with E-state index in [9.17, 15) is 0 Å². The second-order valence-electron chi connectivity index (χ2n) is 19.6. The summed E-state index contributed by atoms with van der Waals surface area (Å²) in [6.45, 7) is 4.84. The summed E-state index contributed by atoms with van der Waals surface area (Å²) in [4.78, 5) is 11.2. The molecule has 0 spiro atoms. The van der Waals surface area contributed by atoms with Gasteiger partial charge in [-0.05, 0) is 90.6 Å². The SMILES string of the molecule is CC1(C)c2cc(-c3ccc4c5ccccc5n(-c5nc(-c6ccccc6)c6c7ccccc7c7ccccc7c6n5)c4c3)ccc2-c2ccc3c(ccc4c3c3cccc5c6ccccc6n4c53)c21. The van der Waals surface area contributed by atoms with Gasteiger partial charge >= 0.3 is 0 Å². The molecule has 4 heteroatoms. The first kappa shape index (κ1) is 37.3. The van der Waals surface area contributed by atoms with E-state index in [1.54, 1.807) is 0 Å². The van der Waals surface area contributed by atoms with Crippen LogP contribution in [-0.2, 0) is 5.41 Å². The van der Waals surface area contributed by atoms with Crippen LogP contribution in [0.4, 0.5) is 0 Å². The lowest BCUT2D eigenvalue weighted by Crippen LogP contribution is -2.15. The zero-order chi connectivity index (χ0) is 45.3. The van der Waals surface area contributed by atoms with Gasteiger partial charge in [-0.2, -0.15) is 0 Å². The van der Waals surface area contributed by atoms with Crippen LogP contribution in [0, 0.1) is 0 Å². The molecule has 4 aromatic heterocycles. The summed E-state index contributed by atoms with van der Waals surface area (Å²) in [6.07, 6.45) is 0. The molecule has 1 aliphatic rings. The molecule has 11 aromatic carbocycles. The van der Waals surface area contributed by atoms with Crippen LogP contribution >= 0.6 is 0 Å². The van der Waals surface area contributed by atoms with Gasteiger partial charge in [0.05, 0.1) is 38.8 Å². The van der Waals surface area contributed by atoms with Crippen molar-refractivity contribution < 1.29 is 0 Å². The molecule has 16 rings (SSSR count). The van der Waals surface area contributed by atoms with Gasteiger partial charge in [-0.15, -0.1) is 0 Å². The highest BCUT2D eigenvalue weighted by atomic mass is 15.2. The molecule has 0 bridgehead atoms. The van der Waals surface area contributed by atoms with Crippen molar-refractivity contribution in [2.45, 2.75) is 19.3 Å². The molecule has 0 saturated carbocycles. The van der Waals surface area contributed by atoms with Gasteiger partial charge in [0.1, 0.15) is 0 Å². The fraction of sp³-hybridized carbons (Fsp3) is 0.0462. The molecule has 15 aromatic rings. The van der Waals surface area contributed by atoms with E-state index in [1.807, 2.05) is 0 Å². The number of rotatable bonds is 3. The monoisotopic (exact) mass is 876 g/mol. The molecule has 0 fully saturated rings. The maximum Gasteiger partial charge on any atom is 0.235 e. The molecule has 0 saturated heterocycles. The molecule has 4 heterocycles. The molecule has 0 N–H and O–H groups in total. The average molecular weight is 877 g/mol. The van der Waals surface area contributed by atoms with Crippen LogP contribution in [0.25, 0.3) is 143 Å². The third-order valence-corrected chi connectivity index (χ3v) is 15.8. The lowest BCUT2D eigenvalue weighted by molar-refractivity contribution is 0.666. The van der Waals surface area contributed by atoms with Gasteiger partial charge in [0.15, 0.2) is 0 Å². The number of benzene rings is 11. The van der Waals surface area contributed by atoms with E-state index in [4.69, 9.17) is 9.97 Å². The van der Waals surface area contributed by atoms with Gasteiger partial charge in [-0.3, -0.25) is 4.57 Å². The first-order chi connectivity index (χ1) is 34.0. The van der Waals surface area contributed by atoms with Gasteiger partial charge in [-0.1, -0.05) is 190 Å². The number of hydrogen-bond donors (Lipinski definition) is 0. The zero-order valence-electron chi connectivity index (χ0n) is 37.9. The summed E-state index contributed by atoms with van der Waals surface area (Å²) >= 11 is 0. The minimum atomic E-state index is -0.236. The van der Waals surface area contributed by atoms with Crippen LogP contribution < -0.4 is 0 Å². The van der Waals surface area contributed by atoms with Crippen molar-refractivity contribution in [1.82, 2.24) is 18.9 Å². The van der Waals surface area contributed by atoms with Crippen molar-refractivity contribution in [2.75, 3.05) is 0 Å². The fourth-order valence-corrected chi connectivity index (χ4v) is 12.9. The highest BCUT2D eigenvalue weighted by molar-refractivity contribution is 6.30. The van der Waals surface area contributed by atoms with Gasteiger partial charge in [0.2, 0.25) is 5.95 Å². The van der Waals surface area contributed by atoms with E-state index in [1.165, 1.54) is 98.2 Å². The Kier molecular flexibility index (Phi) is 7.12. The summed E-state index contributed by atoms with van der Waals surface area (Å²) in [5, 5.41) is 16.0. The number of hydrogen-bond acceptors (Lipinski definition) is 2. The summed E-state index contributed by atoms with van der Waals surface area (Å²) in [5.74, 6) is 0.659. The Morgan fingerprint density at radius 3 is 1.77 bits per heavy atom. The molecule has 0 radical (unpaired) electrons. The van der Waals surface area contributed by atoms with Crippen molar-refractivity contribution in [1.29, 1.82) is 0 Å². The van der Waals surface area contributed by atoms with Gasteiger partial charge in [0, 0.05) is 54.1 Å². The van der Waals surface area contributed by atoms with E-state index in [2.05, 4.69) is 229 Å². The predicted molar refractivity (Wildman–Crippen MR) is 289 cm³/mol. The number of fused-ring (bicyclic) bond motifs is 21. The summed E-state index contributed by atoms with van der Waals surface area (Å²) in [5.41, 5.74) is 16.5. The molecule has 0 atom stereocenters. The van der Waals surface area contributed by atoms with Crippen LogP contribution in [0.1, 0.15) is 25.0 Å². The van der Waals surface area contributed by atoms with Crippen LogP contribution in [0.3, 0.4) is 0 Å². The van der Waals surface area contributed by atoms with Crippen molar-refractivity contribution in [3.63, 3.8) is 0 Å². The molecule has 69 heavy (non-hydrogen) atoms. The molecule has 0 amide bonds. The first-order valence-electron chi connectivity index (χ1n) is 24.0. The third kappa shape index (κ3) is 4.77. The summed E-state index contributed by atoms with van der Waals surface area (Å²) in [6, 6.07) is 76.0. The Labute approximate surface area is 396 Å². The first-order valence-corrected chi connectivity index (χ1v) is 24.0. The highest BCUT2D eigenvalue weighted by Gasteiger charge is 2.38. The Balaban J connectivity index is 0.893. The van der Waals surface area contributed by atoms with Crippen molar-refractivity contribution >= 4 is 103 Å². The van der Waals surface area contributed by atoms with E-state index < -0.39 is 0 Å². The average Bonchev–Trinajstić information content (AvgIpc) is 4.11. The zero-order valence-corrected chi connectivity index (χ0v) is 37.9. The summed E-state index contributed by atoms with van der Waals surface area (Å²) in [7, 11) is 0. The predicted octanol–water partition coefficient (Wildman–Crippen LogP) is 17.0. The lowest BCUT2D eigenvalue weighted by Gasteiger charge is -2.24. The minimum Gasteiger partial charge on any atom is -0.308 e. The quantitative estimate of drug-likeness (QED) is 0.166. The van der Waals surface area contributed by atoms with Gasteiger partial charge in [0.25, 0.3) is 0 Å². The standard InChI is InChI=1S/C65H40N4/c1-65(2)53-35-38(27-29-42(53)48-32-31-47-49(60(48)65)33-34-56-58(47)52-24-14-23-51-44-20-11-12-25-54(44)68(56)63(51)52)39-28-30-45-43-19-10-13-26-55(43)69(57(45)36-39)64-66-61(37-15-4-3-5-16-37)59-46-21-8-6-17-40(46)41-18-7-9-22-50(41)62(59)67-64/h3-36H,1-2H3. The van der Waals surface area contributed by atoms with Crippen LogP contribution in [0.15, 0.2) is 206 Å². The number of aromatic nitrogens is 4. The smallest absolute Gasteiger partial charge is 0.235 e. The Bertz CT molecular complexity index is 4740. The molecule has 4 nitrogen and oxygen atoms in total. The van der Waals surface area contributed by atoms with E-state index in [0.29, 0.717) is 5.95 Å². The van der Waals surface area contributed by atoms with Gasteiger partial charge < -0.3 is 4.40 Å². The van der Waals surface area contributed by atoms with E-state index in [-0.39, 0.29) is 5.41 Å². The molecule has 0 aliphatic heterocycles. The second kappa shape index (κ2) is 13.2. The van der Waals surface area contributed by atoms with Crippen molar-refractivity contribution in [3.8, 4) is 39.5 Å². The number of para-hydroxylation sites is 3. The largest absolute Gasteiger partial charge is 0.308 e. The second-order valence-corrected chi connectivity index (χ2v) is 19.6. The van der Waals surface area contributed by atoms with Crippen LogP contribution in [-0.4, -0.2) is 18.9 Å². The molecule has 320 valence electrons. The highest BCUT2D eigenvalue weighted by Crippen LogP contribution is 2.54. The Hall–Kier alpha value is -8.86. The Morgan fingerprint density at radius 1 is 0.362 bits per heavy atom. The van der Waals surface area contributed by atoms with Crippen LogP contribution in [0.5, 0.6) is 0 Å². The lowest BCUT2D eigenvalue weighted by atomic mass is 9.79. The number of nitrogens with zero attached hydrogens (tertiary/aromatic N) is 4. The summed E-state index contributed by atoms with van der Waals surface area (Å²) < 4.78 is 4.78. The normalized spacial score (nSPS) is 13.5. The molecule has 1 aliphatic carbocycles. The maximum atomic E-state index is 5.60. The van der Waals surface area contributed by atoms with E-state index >= 15 is 0 Å². The fourth-order valence-electron chi connectivity index (χ4n) is 12.9. The van der Waals surface area contributed by atoms with Crippen molar-refractivity contribution in [2.24, 2.45) is 0 Å². The Morgan fingerprint density at radius 2 is 0.942 bits per heavy atom. The van der Waals surface area contributed by atoms with Crippen molar-refractivity contribution in [3.05, 3.63) is 217 Å². The topological polar surface area (TPSA) is 35.1 Å². The van der Waals surface area contributed by atoms with Crippen LogP contribution in [0.2, 0.25) is 0 Å². The maximum absolute atomic E-state index is 5.60. The minimum absolute atomic E-state index is 0.236. The van der Waals surface area contributed by atoms with Gasteiger partial charge in [-0.25, -0.2) is 9.97 Å². The molecular weight excluding hydrogens is 837 g/mol. The molecule has 0 unspecified atom stereocenters. The third-order valence-electron chi connectivity index (χ3n) is 15.8. The molecular formula is C65H40N4. The van der Waals surface area contributed by atoms with E-state index in [0.717, 1.165) is 49.5 Å².